The van der Waals surface area contributed by atoms with E-state index in [9.17, 15) is 4.79 Å². The van der Waals surface area contributed by atoms with Crippen LogP contribution in [0.3, 0.4) is 0 Å². The van der Waals surface area contributed by atoms with Crippen LogP contribution in [-0.2, 0) is 11.4 Å². The molecule has 3 rings (SSSR count). The van der Waals surface area contributed by atoms with Gasteiger partial charge in [-0.15, -0.1) is 0 Å². The van der Waals surface area contributed by atoms with Crippen molar-refractivity contribution in [2.75, 3.05) is 0 Å². The number of hydrogen-bond donors (Lipinski definition) is 1. The largest absolute Gasteiger partial charge is 0.489 e. The topological polar surface area (TPSA) is 59.9 Å². The van der Waals surface area contributed by atoms with E-state index in [1.807, 2.05) is 36.4 Å². The van der Waals surface area contributed by atoms with Crippen molar-refractivity contribution in [1.82, 2.24) is 5.43 Å². The fourth-order valence-corrected chi connectivity index (χ4v) is 2.80. The normalized spacial score (nSPS) is 11.8. The molecule has 0 radical (unpaired) electrons. The van der Waals surface area contributed by atoms with E-state index in [4.69, 9.17) is 9.47 Å². The zero-order valence-corrected chi connectivity index (χ0v) is 18.4. The minimum atomic E-state index is -0.666. The lowest BCUT2D eigenvalue weighted by atomic mass is 10.2. The molecule has 0 saturated heterocycles. The van der Waals surface area contributed by atoms with Gasteiger partial charge < -0.3 is 9.47 Å². The van der Waals surface area contributed by atoms with Gasteiger partial charge in [0.1, 0.15) is 18.1 Å². The molecule has 3 aromatic rings. The highest BCUT2D eigenvalue weighted by atomic mass is 79.9. The summed E-state index contributed by atoms with van der Waals surface area (Å²) in [4.78, 5) is 12.1. The second-order valence-corrected chi connectivity index (χ2v) is 7.71. The Morgan fingerprint density at radius 1 is 1.00 bits per heavy atom. The predicted octanol–water partition coefficient (Wildman–Crippen LogP) is 5.25. The third kappa shape index (κ3) is 6.74. The number of benzene rings is 3. The lowest BCUT2D eigenvalue weighted by molar-refractivity contribution is -0.127. The van der Waals surface area contributed by atoms with Gasteiger partial charge in [0.15, 0.2) is 6.10 Å². The van der Waals surface area contributed by atoms with Crippen molar-refractivity contribution in [3.63, 3.8) is 0 Å². The van der Waals surface area contributed by atoms with Crippen LogP contribution < -0.4 is 14.9 Å². The maximum atomic E-state index is 12.1. The molecule has 0 saturated carbocycles. The second-order valence-electron chi connectivity index (χ2n) is 6.79. The van der Waals surface area contributed by atoms with Crippen LogP contribution in [0.4, 0.5) is 0 Å². The maximum absolute atomic E-state index is 12.1. The molecule has 1 N–H and O–H groups in total. The molecule has 0 aromatic heterocycles. The summed E-state index contributed by atoms with van der Waals surface area (Å²) in [6.07, 6.45) is 0.912. The van der Waals surface area contributed by atoms with Crippen LogP contribution in [0.15, 0.2) is 82.4 Å². The second kappa shape index (κ2) is 10.6. The average Bonchev–Trinajstić information content (AvgIpc) is 2.76. The highest BCUT2D eigenvalue weighted by Crippen LogP contribution is 2.17. The number of ether oxygens (including phenoxy) is 2. The van der Waals surface area contributed by atoms with Crippen LogP contribution in [0.1, 0.15) is 23.6 Å². The SMILES string of the molecule is Cc1ccc(COc2ccc(/C=N\NC(=O)[C@@H](C)Oc3ccc(Br)cc3)cc2)cc1. The summed E-state index contributed by atoms with van der Waals surface area (Å²) < 4.78 is 12.3. The fraction of sp³-hybridized carbons (Fsp3) is 0.167. The molecule has 154 valence electrons. The van der Waals surface area contributed by atoms with Crippen LogP contribution in [0, 0.1) is 6.92 Å². The molecule has 30 heavy (non-hydrogen) atoms. The molecule has 1 atom stereocenters. The Hall–Kier alpha value is -3.12. The molecule has 0 heterocycles. The van der Waals surface area contributed by atoms with Crippen molar-refractivity contribution >= 4 is 28.1 Å². The number of aryl methyl sites for hydroxylation is 1. The van der Waals surface area contributed by atoms with Gasteiger partial charge in [0.2, 0.25) is 0 Å². The van der Waals surface area contributed by atoms with Crippen molar-refractivity contribution in [3.05, 3.63) is 94.0 Å². The van der Waals surface area contributed by atoms with Crippen LogP contribution >= 0.6 is 15.9 Å². The van der Waals surface area contributed by atoms with Gasteiger partial charge in [-0.05, 0) is 73.5 Å². The van der Waals surface area contributed by atoms with E-state index in [2.05, 4.69) is 57.6 Å². The first-order valence-corrected chi connectivity index (χ1v) is 10.3. The third-order valence-electron chi connectivity index (χ3n) is 4.29. The lowest BCUT2D eigenvalue weighted by Crippen LogP contribution is -2.33. The molecule has 6 heteroatoms. The molecule has 5 nitrogen and oxygen atoms in total. The van der Waals surface area contributed by atoms with Gasteiger partial charge in [-0.2, -0.15) is 5.10 Å². The Bertz CT molecular complexity index is 984. The first-order valence-electron chi connectivity index (χ1n) is 9.53. The molecule has 0 aliphatic heterocycles. The van der Waals surface area contributed by atoms with Crippen molar-refractivity contribution in [1.29, 1.82) is 0 Å². The lowest BCUT2D eigenvalue weighted by Gasteiger charge is -2.12. The summed E-state index contributed by atoms with van der Waals surface area (Å²) in [7, 11) is 0. The number of halogens is 1. The van der Waals surface area contributed by atoms with Crippen molar-refractivity contribution in [3.8, 4) is 11.5 Å². The van der Waals surface area contributed by atoms with Gasteiger partial charge in [0.05, 0.1) is 6.21 Å². The molecule has 0 fully saturated rings. The average molecular weight is 467 g/mol. The first kappa shape index (κ1) is 21.6. The van der Waals surface area contributed by atoms with Gasteiger partial charge in [0.25, 0.3) is 5.91 Å². The molecule has 1 amide bonds. The van der Waals surface area contributed by atoms with E-state index in [1.165, 1.54) is 5.56 Å². The highest BCUT2D eigenvalue weighted by Gasteiger charge is 2.13. The molecule has 0 unspecified atom stereocenters. The molecule has 0 spiro atoms. The summed E-state index contributed by atoms with van der Waals surface area (Å²) >= 11 is 3.36. The Morgan fingerprint density at radius 3 is 2.30 bits per heavy atom. The zero-order chi connectivity index (χ0) is 21.3. The van der Waals surface area contributed by atoms with Gasteiger partial charge in [-0.3, -0.25) is 4.79 Å². The number of rotatable bonds is 8. The number of nitrogens with one attached hydrogen (secondary N) is 1. The van der Waals surface area contributed by atoms with E-state index >= 15 is 0 Å². The maximum Gasteiger partial charge on any atom is 0.280 e. The Morgan fingerprint density at radius 2 is 1.63 bits per heavy atom. The van der Waals surface area contributed by atoms with Gasteiger partial charge in [-0.25, -0.2) is 5.43 Å². The minimum absolute atomic E-state index is 0.327. The van der Waals surface area contributed by atoms with Gasteiger partial charge in [0, 0.05) is 4.47 Å². The summed E-state index contributed by atoms with van der Waals surface area (Å²) in [6, 6.07) is 23.0. The number of carbonyl (C=O) groups is 1. The fourth-order valence-electron chi connectivity index (χ4n) is 2.53. The molecular weight excluding hydrogens is 444 g/mol. The highest BCUT2D eigenvalue weighted by molar-refractivity contribution is 9.10. The summed E-state index contributed by atoms with van der Waals surface area (Å²) in [5.41, 5.74) is 5.68. The molecule has 0 aliphatic carbocycles. The summed E-state index contributed by atoms with van der Waals surface area (Å²) in [5.74, 6) is 1.06. The molecule has 3 aromatic carbocycles. The van der Waals surface area contributed by atoms with Crippen LogP contribution in [0.2, 0.25) is 0 Å². The Labute approximate surface area is 184 Å². The van der Waals surface area contributed by atoms with Crippen molar-refractivity contribution < 1.29 is 14.3 Å². The standard InChI is InChI=1S/C24H23BrN2O3/c1-17-3-5-20(6-4-17)16-29-22-11-7-19(8-12-22)15-26-27-24(28)18(2)30-23-13-9-21(25)10-14-23/h3-15,18H,16H2,1-2H3,(H,27,28)/b26-15-/t18-/m1/s1. The summed E-state index contributed by atoms with van der Waals surface area (Å²) in [6.45, 7) is 4.25. The number of carbonyl (C=O) groups excluding carboxylic acids is 1. The summed E-state index contributed by atoms with van der Waals surface area (Å²) in [5, 5.41) is 4.00. The quantitative estimate of drug-likeness (QED) is 0.364. The smallest absolute Gasteiger partial charge is 0.280 e. The van der Waals surface area contributed by atoms with E-state index in [1.54, 1.807) is 25.3 Å². The molecule has 0 bridgehead atoms. The van der Waals surface area contributed by atoms with Crippen LogP contribution in [0.25, 0.3) is 0 Å². The van der Waals surface area contributed by atoms with Gasteiger partial charge >= 0.3 is 0 Å². The predicted molar refractivity (Wildman–Crippen MR) is 122 cm³/mol. The number of nitrogens with zero attached hydrogens (tertiary/aromatic N) is 1. The third-order valence-corrected chi connectivity index (χ3v) is 4.82. The first-order chi connectivity index (χ1) is 14.5. The van der Waals surface area contributed by atoms with E-state index in [0.29, 0.717) is 12.4 Å². The Balaban J connectivity index is 1.45. The zero-order valence-electron chi connectivity index (χ0n) is 16.8. The van der Waals surface area contributed by atoms with Crippen molar-refractivity contribution in [2.45, 2.75) is 26.6 Å². The Kier molecular flexibility index (Phi) is 7.63. The minimum Gasteiger partial charge on any atom is -0.489 e. The van der Waals surface area contributed by atoms with E-state index in [0.717, 1.165) is 21.3 Å². The molecule has 0 aliphatic rings. The van der Waals surface area contributed by atoms with E-state index in [-0.39, 0.29) is 5.91 Å². The van der Waals surface area contributed by atoms with Crippen molar-refractivity contribution in [2.24, 2.45) is 5.10 Å². The number of amides is 1. The van der Waals surface area contributed by atoms with Gasteiger partial charge in [-0.1, -0.05) is 45.8 Å². The number of hydrogen-bond acceptors (Lipinski definition) is 4. The monoisotopic (exact) mass is 466 g/mol. The van der Waals surface area contributed by atoms with Crippen LogP contribution in [0.5, 0.6) is 11.5 Å². The van der Waals surface area contributed by atoms with E-state index < -0.39 is 6.10 Å². The molecular formula is C24H23BrN2O3. The number of hydrazone groups is 1. The van der Waals surface area contributed by atoms with Crippen LogP contribution in [-0.4, -0.2) is 18.2 Å².